The summed E-state index contributed by atoms with van der Waals surface area (Å²) in [6.45, 7) is 9.98. The summed E-state index contributed by atoms with van der Waals surface area (Å²) in [5.41, 5.74) is 2.87. The first kappa shape index (κ1) is 34.9. The lowest BCUT2D eigenvalue weighted by Crippen LogP contribution is -2.42. The molecular formula is C37H50N6O5. The number of carbonyl (C=O) groups excluding carboxylic acids is 1. The molecule has 2 aromatic heterocycles. The van der Waals surface area contributed by atoms with Gasteiger partial charge in [-0.3, -0.25) is 0 Å². The van der Waals surface area contributed by atoms with E-state index in [1.165, 1.54) is 0 Å². The SMILES string of the molecule is CCCCCc1nc(N(Cc2ccc(OC)cc2)Cc2ccc(OC)cc2)c2ncc(C(O)C3CCN(C(=O)OC(C)(C)C)CC3)n2n1. The Morgan fingerprint density at radius 2 is 1.54 bits per heavy atom. The van der Waals surface area contributed by atoms with E-state index in [4.69, 9.17) is 29.3 Å². The molecule has 5 rings (SSSR count). The number of benzene rings is 2. The first-order chi connectivity index (χ1) is 23.1. The molecule has 48 heavy (non-hydrogen) atoms. The van der Waals surface area contributed by atoms with E-state index in [-0.39, 0.29) is 12.0 Å². The summed E-state index contributed by atoms with van der Waals surface area (Å²) in [7, 11) is 3.33. The van der Waals surface area contributed by atoms with Crippen LogP contribution in [-0.2, 0) is 24.2 Å². The molecule has 258 valence electrons. The average molecular weight is 659 g/mol. The molecule has 0 spiro atoms. The molecule has 0 aliphatic carbocycles. The zero-order valence-electron chi connectivity index (χ0n) is 29.2. The highest BCUT2D eigenvalue weighted by Gasteiger charge is 2.33. The van der Waals surface area contributed by atoms with Crippen LogP contribution in [0.2, 0.25) is 0 Å². The van der Waals surface area contributed by atoms with Crippen molar-refractivity contribution in [3.05, 3.63) is 77.4 Å². The maximum absolute atomic E-state index is 12.7. The standard InChI is InChI=1S/C37H50N6O5/c1-7-8-9-10-32-39-35(42(24-26-11-15-29(46-5)16-12-26)25-27-13-17-30(47-6)18-14-27)34-38-23-31(43(34)40-32)33(44)28-19-21-41(22-20-28)36(45)48-37(2,3)4/h11-18,23,28,33,44H,7-10,19-22,24-25H2,1-6H3. The van der Waals surface area contributed by atoms with E-state index < -0.39 is 11.7 Å². The third-order valence-electron chi connectivity index (χ3n) is 8.72. The lowest BCUT2D eigenvalue weighted by molar-refractivity contribution is 0.00689. The van der Waals surface area contributed by atoms with E-state index in [1.807, 2.05) is 45.0 Å². The molecular weight excluding hydrogens is 608 g/mol. The van der Waals surface area contributed by atoms with Crippen LogP contribution in [0.4, 0.5) is 10.6 Å². The number of imidazole rings is 1. The van der Waals surface area contributed by atoms with Gasteiger partial charge in [-0.25, -0.2) is 19.3 Å². The highest BCUT2D eigenvalue weighted by atomic mass is 16.6. The van der Waals surface area contributed by atoms with Gasteiger partial charge in [-0.15, -0.1) is 0 Å². The van der Waals surface area contributed by atoms with Crippen LogP contribution in [0.3, 0.4) is 0 Å². The van der Waals surface area contributed by atoms with Crippen LogP contribution in [0.25, 0.3) is 5.65 Å². The molecule has 1 atom stereocenters. The Labute approximate surface area is 283 Å². The summed E-state index contributed by atoms with van der Waals surface area (Å²) < 4.78 is 18.2. The summed E-state index contributed by atoms with van der Waals surface area (Å²) in [4.78, 5) is 26.5. The van der Waals surface area contributed by atoms with Crippen LogP contribution < -0.4 is 14.4 Å². The van der Waals surface area contributed by atoms with E-state index in [9.17, 15) is 9.90 Å². The van der Waals surface area contributed by atoms with Crippen molar-refractivity contribution >= 4 is 17.6 Å². The molecule has 11 heteroatoms. The number of unbranched alkanes of at least 4 members (excludes halogenated alkanes) is 2. The van der Waals surface area contributed by atoms with Crippen molar-refractivity contribution in [3.63, 3.8) is 0 Å². The molecule has 1 unspecified atom stereocenters. The van der Waals surface area contributed by atoms with Gasteiger partial charge in [0.1, 0.15) is 23.2 Å². The average Bonchev–Trinajstić information content (AvgIpc) is 3.51. The number of nitrogens with zero attached hydrogens (tertiary/aromatic N) is 6. The molecule has 0 saturated carbocycles. The van der Waals surface area contributed by atoms with Crippen molar-refractivity contribution in [1.29, 1.82) is 0 Å². The highest BCUT2D eigenvalue weighted by molar-refractivity contribution is 5.68. The van der Waals surface area contributed by atoms with Gasteiger partial charge in [-0.1, -0.05) is 44.0 Å². The van der Waals surface area contributed by atoms with Crippen LogP contribution in [0, 0.1) is 5.92 Å². The number of amides is 1. The number of carbonyl (C=O) groups is 1. The Bertz CT molecular complexity index is 1580. The number of methoxy groups -OCH3 is 2. The molecule has 1 N–H and O–H groups in total. The lowest BCUT2D eigenvalue weighted by Gasteiger charge is -2.35. The Morgan fingerprint density at radius 1 is 0.958 bits per heavy atom. The maximum atomic E-state index is 12.7. The van der Waals surface area contributed by atoms with Crippen molar-refractivity contribution in [3.8, 4) is 11.5 Å². The molecule has 4 aromatic rings. The fourth-order valence-corrected chi connectivity index (χ4v) is 6.05. The Morgan fingerprint density at radius 3 is 2.06 bits per heavy atom. The summed E-state index contributed by atoms with van der Waals surface area (Å²) in [5.74, 6) is 2.96. The molecule has 1 amide bonds. The van der Waals surface area contributed by atoms with Crippen LogP contribution in [0.15, 0.2) is 54.7 Å². The predicted molar refractivity (Wildman–Crippen MR) is 185 cm³/mol. The number of aryl methyl sites for hydroxylation is 1. The van der Waals surface area contributed by atoms with E-state index in [2.05, 4.69) is 36.1 Å². The van der Waals surface area contributed by atoms with Crippen LogP contribution in [0.1, 0.15) is 88.5 Å². The summed E-state index contributed by atoms with van der Waals surface area (Å²) in [6.07, 6.45) is 5.77. The highest BCUT2D eigenvalue weighted by Crippen LogP contribution is 2.33. The smallest absolute Gasteiger partial charge is 0.410 e. The van der Waals surface area contributed by atoms with Crippen molar-refractivity contribution in [2.75, 3.05) is 32.2 Å². The van der Waals surface area contributed by atoms with Crippen molar-refractivity contribution in [1.82, 2.24) is 24.5 Å². The van der Waals surface area contributed by atoms with E-state index >= 15 is 0 Å². The number of hydrogen-bond acceptors (Lipinski definition) is 9. The van der Waals surface area contributed by atoms with Crippen molar-refractivity contribution in [2.45, 2.75) is 91.0 Å². The van der Waals surface area contributed by atoms with Gasteiger partial charge in [0.25, 0.3) is 0 Å². The van der Waals surface area contributed by atoms with Gasteiger partial charge < -0.3 is 29.1 Å². The fourth-order valence-electron chi connectivity index (χ4n) is 6.05. The van der Waals surface area contributed by atoms with Crippen LogP contribution >= 0.6 is 0 Å². The predicted octanol–water partition coefficient (Wildman–Crippen LogP) is 6.76. The number of aliphatic hydroxyl groups excluding tert-OH is 1. The van der Waals surface area contributed by atoms with Gasteiger partial charge in [-0.2, -0.15) is 5.10 Å². The number of fused-ring (bicyclic) bond motifs is 1. The molecule has 0 bridgehead atoms. The van der Waals surface area contributed by atoms with E-state index in [0.29, 0.717) is 62.0 Å². The van der Waals surface area contributed by atoms with E-state index in [1.54, 1.807) is 29.8 Å². The topological polar surface area (TPSA) is 115 Å². The zero-order chi connectivity index (χ0) is 34.3. The van der Waals surface area contributed by atoms with Crippen LogP contribution in [-0.4, -0.2) is 68.6 Å². The largest absolute Gasteiger partial charge is 0.497 e. The number of anilines is 1. The number of likely N-dealkylation sites (tertiary alicyclic amines) is 1. The Balaban J connectivity index is 1.48. The second-order valence-corrected chi connectivity index (χ2v) is 13.5. The molecule has 1 fully saturated rings. The summed E-state index contributed by atoms with van der Waals surface area (Å²) in [6, 6.07) is 16.1. The monoisotopic (exact) mass is 658 g/mol. The number of aromatic nitrogens is 4. The van der Waals surface area contributed by atoms with Gasteiger partial charge in [-0.05, 0) is 81.3 Å². The van der Waals surface area contributed by atoms with Crippen molar-refractivity contribution < 1.29 is 24.1 Å². The molecule has 1 saturated heterocycles. The quantitative estimate of drug-likeness (QED) is 0.156. The van der Waals surface area contributed by atoms with Gasteiger partial charge in [0.05, 0.1) is 26.1 Å². The number of aliphatic hydroxyl groups is 1. The minimum Gasteiger partial charge on any atom is -0.497 e. The van der Waals surface area contributed by atoms with Crippen molar-refractivity contribution in [2.24, 2.45) is 5.92 Å². The molecule has 1 aliphatic rings. The van der Waals surface area contributed by atoms with Gasteiger partial charge in [0, 0.05) is 32.6 Å². The second-order valence-electron chi connectivity index (χ2n) is 13.5. The van der Waals surface area contributed by atoms with Gasteiger partial charge in [0.15, 0.2) is 17.3 Å². The molecule has 1 aliphatic heterocycles. The molecule has 3 heterocycles. The Kier molecular flexibility index (Phi) is 11.4. The summed E-state index contributed by atoms with van der Waals surface area (Å²) in [5, 5.41) is 16.7. The van der Waals surface area contributed by atoms with Gasteiger partial charge >= 0.3 is 6.09 Å². The third-order valence-corrected chi connectivity index (χ3v) is 8.72. The first-order valence-electron chi connectivity index (χ1n) is 17.0. The third kappa shape index (κ3) is 8.74. The number of ether oxygens (including phenoxy) is 3. The molecule has 11 nitrogen and oxygen atoms in total. The number of rotatable bonds is 13. The second kappa shape index (κ2) is 15.7. The van der Waals surface area contributed by atoms with Crippen LogP contribution in [0.5, 0.6) is 11.5 Å². The zero-order valence-corrected chi connectivity index (χ0v) is 29.2. The molecule has 0 radical (unpaired) electrons. The lowest BCUT2D eigenvalue weighted by atomic mass is 9.90. The minimum absolute atomic E-state index is 0.0553. The molecule has 2 aromatic carbocycles. The summed E-state index contributed by atoms with van der Waals surface area (Å²) >= 11 is 0. The normalized spacial score (nSPS) is 14.6. The Hall–Kier alpha value is -4.38. The minimum atomic E-state index is -0.802. The number of piperidine rings is 1. The first-order valence-corrected chi connectivity index (χ1v) is 17.0. The fraction of sp³-hybridized carbons (Fsp3) is 0.514. The maximum Gasteiger partial charge on any atom is 0.410 e. The number of hydrogen-bond donors (Lipinski definition) is 1. The van der Waals surface area contributed by atoms with E-state index in [0.717, 1.165) is 48.3 Å². The van der Waals surface area contributed by atoms with Gasteiger partial charge in [0.2, 0.25) is 0 Å².